The van der Waals surface area contributed by atoms with Gasteiger partial charge in [-0.15, -0.1) is 0 Å². The monoisotopic (exact) mass is 255 g/mol. The van der Waals surface area contributed by atoms with E-state index in [1.807, 2.05) is 5.43 Å². The second-order valence-corrected chi connectivity index (χ2v) is 3.71. The molecule has 1 rings (SSSR count). The highest BCUT2D eigenvalue weighted by Crippen LogP contribution is 2.13. The van der Waals surface area contributed by atoms with Gasteiger partial charge >= 0.3 is 0 Å². The van der Waals surface area contributed by atoms with E-state index in [0.29, 0.717) is 0 Å². The zero-order valence-corrected chi connectivity index (χ0v) is 9.74. The van der Waals surface area contributed by atoms with Gasteiger partial charge in [-0.3, -0.25) is 9.59 Å². The summed E-state index contributed by atoms with van der Waals surface area (Å²) < 4.78 is 13.7. The first-order valence-corrected chi connectivity index (χ1v) is 5.16. The number of hydrogen-bond donors (Lipinski definition) is 4. The molecular weight excluding hydrogens is 241 g/mol. The van der Waals surface area contributed by atoms with Crippen LogP contribution in [0.15, 0.2) is 12.3 Å². The van der Waals surface area contributed by atoms with Gasteiger partial charge in [-0.2, -0.15) is 0 Å². The number of rotatable bonds is 5. The highest BCUT2D eigenvalue weighted by Gasteiger charge is 2.17. The van der Waals surface area contributed by atoms with Crippen molar-refractivity contribution in [1.29, 1.82) is 0 Å². The van der Waals surface area contributed by atoms with Crippen molar-refractivity contribution < 1.29 is 14.0 Å². The molecule has 1 heterocycles. The van der Waals surface area contributed by atoms with E-state index in [1.165, 1.54) is 12.3 Å². The molecule has 98 valence electrons. The molecule has 1 unspecified atom stereocenters. The highest BCUT2D eigenvalue weighted by atomic mass is 19.1. The molecule has 0 spiro atoms. The molecule has 8 heteroatoms. The maximum absolute atomic E-state index is 13.7. The molecule has 18 heavy (non-hydrogen) atoms. The van der Waals surface area contributed by atoms with Crippen LogP contribution in [-0.4, -0.2) is 22.8 Å². The molecule has 1 aromatic rings. The average Bonchev–Trinajstić information content (AvgIpc) is 2.27. The van der Waals surface area contributed by atoms with Gasteiger partial charge in [-0.1, -0.05) is 0 Å². The van der Waals surface area contributed by atoms with E-state index in [-0.39, 0.29) is 17.8 Å². The number of hydrogen-bond acceptors (Lipinski definition) is 5. The molecule has 0 fully saturated rings. The topological polar surface area (TPSA) is 123 Å². The fourth-order valence-corrected chi connectivity index (χ4v) is 1.37. The van der Waals surface area contributed by atoms with Crippen LogP contribution < -0.4 is 22.3 Å². The van der Waals surface area contributed by atoms with Gasteiger partial charge in [0.2, 0.25) is 5.91 Å². The van der Waals surface area contributed by atoms with Gasteiger partial charge in [0, 0.05) is 18.7 Å². The predicted molar refractivity (Wildman–Crippen MR) is 62.7 cm³/mol. The van der Waals surface area contributed by atoms with Crippen LogP contribution in [0.3, 0.4) is 0 Å². The fourth-order valence-electron chi connectivity index (χ4n) is 1.37. The number of nitrogens with two attached hydrogens (primary N) is 2. The number of halogens is 1. The van der Waals surface area contributed by atoms with Crippen LogP contribution in [0, 0.1) is 5.82 Å². The van der Waals surface area contributed by atoms with Crippen molar-refractivity contribution in [2.75, 3.05) is 5.43 Å². The molecule has 1 aromatic heterocycles. The SMILES string of the molecule is CC(CC(N)=O)NC(=O)c1ccnc(NN)c1F. The zero-order chi connectivity index (χ0) is 13.7. The molecule has 0 aliphatic carbocycles. The summed E-state index contributed by atoms with van der Waals surface area (Å²) in [5, 5.41) is 2.44. The largest absolute Gasteiger partial charge is 0.370 e. The molecule has 0 saturated carbocycles. The fraction of sp³-hybridized carbons (Fsp3) is 0.300. The molecule has 0 aliphatic heterocycles. The minimum Gasteiger partial charge on any atom is -0.370 e. The lowest BCUT2D eigenvalue weighted by molar-refractivity contribution is -0.118. The molecule has 7 nitrogen and oxygen atoms in total. The van der Waals surface area contributed by atoms with Gasteiger partial charge in [0.1, 0.15) is 0 Å². The normalized spacial score (nSPS) is 11.7. The Balaban J connectivity index is 2.81. The number of pyridine rings is 1. The molecule has 2 amide bonds. The predicted octanol–water partition coefficient (Wildman–Crippen LogP) is -0.500. The van der Waals surface area contributed by atoms with Crippen LogP contribution in [0.4, 0.5) is 10.2 Å². The molecule has 0 radical (unpaired) electrons. The van der Waals surface area contributed by atoms with E-state index in [2.05, 4.69) is 10.3 Å². The van der Waals surface area contributed by atoms with Crippen LogP contribution >= 0.6 is 0 Å². The Morgan fingerprint density at radius 2 is 2.22 bits per heavy atom. The van der Waals surface area contributed by atoms with Crippen LogP contribution in [0.1, 0.15) is 23.7 Å². The minimum atomic E-state index is -0.858. The number of anilines is 1. The van der Waals surface area contributed by atoms with E-state index in [9.17, 15) is 14.0 Å². The molecule has 0 saturated heterocycles. The van der Waals surface area contributed by atoms with E-state index in [1.54, 1.807) is 6.92 Å². The third-order valence-corrected chi connectivity index (χ3v) is 2.16. The maximum Gasteiger partial charge on any atom is 0.254 e. The van der Waals surface area contributed by atoms with Gasteiger partial charge in [0.25, 0.3) is 5.91 Å². The van der Waals surface area contributed by atoms with Crippen molar-refractivity contribution in [2.45, 2.75) is 19.4 Å². The van der Waals surface area contributed by atoms with E-state index in [4.69, 9.17) is 11.6 Å². The van der Waals surface area contributed by atoms with Crippen molar-refractivity contribution in [3.63, 3.8) is 0 Å². The van der Waals surface area contributed by atoms with Crippen molar-refractivity contribution in [1.82, 2.24) is 10.3 Å². The molecule has 1 atom stereocenters. The van der Waals surface area contributed by atoms with E-state index >= 15 is 0 Å². The Morgan fingerprint density at radius 3 is 2.78 bits per heavy atom. The second kappa shape index (κ2) is 5.92. The van der Waals surface area contributed by atoms with Crippen molar-refractivity contribution >= 4 is 17.6 Å². The van der Waals surface area contributed by atoms with Crippen LogP contribution in [0.25, 0.3) is 0 Å². The number of hydrazine groups is 1. The Labute approximate surface area is 103 Å². The lowest BCUT2D eigenvalue weighted by Gasteiger charge is -2.13. The number of nitrogens with one attached hydrogen (secondary N) is 2. The Morgan fingerprint density at radius 1 is 1.56 bits per heavy atom. The number of aromatic nitrogens is 1. The van der Waals surface area contributed by atoms with Gasteiger partial charge in [0.05, 0.1) is 5.56 Å². The first kappa shape index (κ1) is 13.8. The maximum atomic E-state index is 13.7. The number of amides is 2. The molecular formula is C10H14FN5O2. The number of carbonyl (C=O) groups is 2. The standard InChI is InChI=1S/C10H14FN5O2/c1-5(4-7(12)17)15-10(18)6-2-3-14-9(16-13)8(6)11/h2-3,5H,4,13H2,1H3,(H2,12,17)(H,14,16)(H,15,18). The summed E-state index contributed by atoms with van der Waals surface area (Å²) in [6, 6.07) is 0.722. The van der Waals surface area contributed by atoms with Gasteiger partial charge in [-0.05, 0) is 13.0 Å². The van der Waals surface area contributed by atoms with E-state index in [0.717, 1.165) is 0 Å². The molecule has 0 bridgehead atoms. The zero-order valence-electron chi connectivity index (χ0n) is 9.74. The Hall–Kier alpha value is -2.22. The molecule has 6 N–H and O–H groups in total. The van der Waals surface area contributed by atoms with Crippen molar-refractivity contribution in [3.05, 3.63) is 23.6 Å². The summed E-state index contributed by atoms with van der Waals surface area (Å²) >= 11 is 0. The number of nitrogen functional groups attached to an aromatic ring is 1. The van der Waals surface area contributed by atoms with Gasteiger partial charge < -0.3 is 16.5 Å². The number of primary amides is 1. The Kier molecular flexibility index (Phi) is 4.55. The summed E-state index contributed by atoms with van der Waals surface area (Å²) in [5.41, 5.74) is 6.80. The second-order valence-electron chi connectivity index (χ2n) is 3.71. The lowest BCUT2D eigenvalue weighted by Crippen LogP contribution is -2.36. The Bertz CT molecular complexity index is 466. The lowest BCUT2D eigenvalue weighted by atomic mass is 10.2. The average molecular weight is 255 g/mol. The van der Waals surface area contributed by atoms with E-state index < -0.39 is 23.7 Å². The summed E-state index contributed by atoms with van der Waals surface area (Å²) in [6.45, 7) is 1.59. The molecule has 0 aromatic carbocycles. The summed E-state index contributed by atoms with van der Waals surface area (Å²) in [6.07, 6.45) is 1.21. The smallest absolute Gasteiger partial charge is 0.254 e. The third kappa shape index (κ3) is 3.39. The van der Waals surface area contributed by atoms with Gasteiger partial charge in [0.15, 0.2) is 11.6 Å². The van der Waals surface area contributed by atoms with Crippen LogP contribution in [0.2, 0.25) is 0 Å². The van der Waals surface area contributed by atoms with Gasteiger partial charge in [-0.25, -0.2) is 15.2 Å². The van der Waals surface area contributed by atoms with Crippen molar-refractivity contribution in [2.24, 2.45) is 11.6 Å². The number of nitrogens with zero attached hydrogens (tertiary/aromatic N) is 1. The summed E-state index contributed by atoms with van der Waals surface area (Å²) in [4.78, 5) is 26.0. The van der Waals surface area contributed by atoms with Crippen molar-refractivity contribution in [3.8, 4) is 0 Å². The van der Waals surface area contributed by atoms with Crippen LogP contribution in [-0.2, 0) is 4.79 Å². The highest BCUT2D eigenvalue weighted by molar-refractivity contribution is 5.95. The third-order valence-electron chi connectivity index (χ3n) is 2.16. The number of carbonyl (C=O) groups excluding carboxylic acids is 2. The minimum absolute atomic E-state index is 0.0273. The summed E-state index contributed by atoms with van der Waals surface area (Å²) in [5.74, 6) is 2.73. The molecule has 0 aliphatic rings. The summed E-state index contributed by atoms with van der Waals surface area (Å²) in [7, 11) is 0. The first-order valence-electron chi connectivity index (χ1n) is 5.16. The quantitative estimate of drug-likeness (QED) is 0.417. The van der Waals surface area contributed by atoms with Crippen LogP contribution in [0.5, 0.6) is 0 Å². The first-order chi connectivity index (χ1) is 8.45.